The van der Waals surface area contributed by atoms with Crippen molar-refractivity contribution in [3.8, 4) is 0 Å². The van der Waals surface area contributed by atoms with E-state index in [4.69, 9.17) is 0 Å². The number of unbranched alkanes of at least 4 members (excludes halogenated alkanes) is 1. The van der Waals surface area contributed by atoms with Crippen molar-refractivity contribution in [2.24, 2.45) is 5.92 Å². The number of hydrogen-bond donors (Lipinski definition) is 1. The minimum absolute atomic E-state index is 0.514. The lowest BCUT2D eigenvalue weighted by molar-refractivity contribution is 0.331. The molecule has 1 N–H and O–H groups in total. The number of aryl methyl sites for hydroxylation is 1. The predicted molar refractivity (Wildman–Crippen MR) is 86.5 cm³/mol. The van der Waals surface area contributed by atoms with Gasteiger partial charge in [-0.1, -0.05) is 40.0 Å². The Labute approximate surface area is 125 Å². The lowest BCUT2D eigenvalue weighted by Gasteiger charge is -2.26. The van der Waals surface area contributed by atoms with Crippen LogP contribution in [0.1, 0.15) is 62.3 Å². The highest BCUT2D eigenvalue weighted by atomic mass is 79.9. The molecule has 1 rings (SSSR count). The minimum atomic E-state index is 0.514. The van der Waals surface area contributed by atoms with Crippen molar-refractivity contribution in [2.75, 3.05) is 6.54 Å². The Bertz CT molecular complexity index is 348. The molecule has 1 nitrogen and oxygen atoms in total. The summed E-state index contributed by atoms with van der Waals surface area (Å²) in [5.41, 5.74) is 0. The molecule has 1 aromatic heterocycles. The molecule has 0 radical (unpaired) electrons. The highest BCUT2D eigenvalue weighted by Gasteiger charge is 2.24. The average molecular weight is 332 g/mol. The summed E-state index contributed by atoms with van der Waals surface area (Å²) in [6.07, 6.45) is 5.21. The summed E-state index contributed by atoms with van der Waals surface area (Å²) in [5.74, 6) is 0.749. The van der Waals surface area contributed by atoms with Gasteiger partial charge < -0.3 is 5.32 Å². The summed E-state index contributed by atoms with van der Waals surface area (Å²) in [4.78, 5) is 2.88. The van der Waals surface area contributed by atoms with Crippen molar-refractivity contribution in [3.63, 3.8) is 0 Å². The molecular weight excluding hydrogens is 306 g/mol. The standard InChI is InChI=1S/C15H26BrNS/c1-5-8-9-12(6-2)14(17-7-3)15-13(16)10-11(4)18-15/h10,12,14,17H,5-9H2,1-4H3. The molecule has 3 heteroatoms. The molecular formula is C15H26BrNS. The smallest absolute Gasteiger partial charge is 0.0454 e. The molecule has 0 saturated heterocycles. The van der Waals surface area contributed by atoms with Crippen molar-refractivity contribution >= 4 is 27.3 Å². The maximum Gasteiger partial charge on any atom is 0.0454 e. The van der Waals surface area contributed by atoms with Crippen LogP contribution in [0.3, 0.4) is 0 Å². The molecule has 0 amide bonds. The maximum atomic E-state index is 3.72. The van der Waals surface area contributed by atoms with Crippen LogP contribution in [0.5, 0.6) is 0 Å². The lowest BCUT2D eigenvalue weighted by Crippen LogP contribution is -2.27. The number of hydrogen-bond acceptors (Lipinski definition) is 2. The van der Waals surface area contributed by atoms with Crippen molar-refractivity contribution in [2.45, 2.75) is 59.4 Å². The Morgan fingerprint density at radius 3 is 2.50 bits per heavy atom. The highest BCUT2D eigenvalue weighted by molar-refractivity contribution is 9.10. The van der Waals surface area contributed by atoms with Gasteiger partial charge in [-0.15, -0.1) is 11.3 Å². The Balaban J connectivity index is 2.88. The summed E-state index contributed by atoms with van der Waals surface area (Å²) >= 11 is 5.65. The molecule has 0 bridgehead atoms. The Hall–Kier alpha value is 0.140. The van der Waals surface area contributed by atoms with Gasteiger partial charge >= 0.3 is 0 Å². The number of rotatable bonds is 8. The maximum absolute atomic E-state index is 3.72. The van der Waals surface area contributed by atoms with E-state index in [1.165, 1.54) is 39.9 Å². The topological polar surface area (TPSA) is 12.0 Å². The van der Waals surface area contributed by atoms with Crippen LogP contribution in [-0.4, -0.2) is 6.54 Å². The third kappa shape index (κ3) is 4.36. The summed E-state index contributed by atoms with van der Waals surface area (Å²) in [6.45, 7) is 10.0. The van der Waals surface area contributed by atoms with Crippen LogP contribution in [0.25, 0.3) is 0 Å². The normalized spacial score (nSPS) is 14.7. The molecule has 1 heterocycles. The fraction of sp³-hybridized carbons (Fsp3) is 0.733. The van der Waals surface area contributed by atoms with Crippen molar-refractivity contribution < 1.29 is 0 Å². The second-order valence-corrected chi connectivity index (χ2v) is 7.06. The van der Waals surface area contributed by atoms with Gasteiger partial charge in [-0.25, -0.2) is 0 Å². The van der Waals surface area contributed by atoms with Gasteiger partial charge in [0.2, 0.25) is 0 Å². The Kier molecular flexibility index (Phi) is 7.50. The van der Waals surface area contributed by atoms with Crippen LogP contribution in [-0.2, 0) is 0 Å². The summed E-state index contributed by atoms with van der Waals surface area (Å²) in [7, 11) is 0. The molecule has 0 aliphatic heterocycles. The van der Waals surface area contributed by atoms with Crippen LogP contribution in [0.4, 0.5) is 0 Å². The van der Waals surface area contributed by atoms with E-state index < -0.39 is 0 Å². The van der Waals surface area contributed by atoms with E-state index in [1.54, 1.807) is 0 Å². The quantitative estimate of drug-likeness (QED) is 0.645. The Morgan fingerprint density at radius 1 is 1.33 bits per heavy atom. The molecule has 0 saturated carbocycles. The molecule has 104 valence electrons. The SMILES string of the molecule is CCCCC(CC)C(NCC)c1sc(C)cc1Br. The third-order valence-electron chi connectivity index (χ3n) is 3.47. The van der Waals surface area contributed by atoms with Crippen LogP contribution < -0.4 is 5.32 Å². The van der Waals surface area contributed by atoms with E-state index in [2.05, 4.69) is 55.0 Å². The molecule has 1 aromatic rings. The zero-order valence-corrected chi connectivity index (χ0v) is 14.5. The van der Waals surface area contributed by atoms with Crippen LogP contribution in [0.15, 0.2) is 10.5 Å². The second kappa shape index (κ2) is 8.34. The van der Waals surface area contributed by atoms with Crippen molar-refractivity contribution in [3.05, 3.63) is 20.3 Å². The van der Waals surface area contributed by atoms with Crippen molar-refractivity contribution in [1.29, 1.82) is 0 Å². The van der Waals surface area contributed by atoms with Crippen LogP contribution in [0, 0.1) is 12.8 Å². The Morgan fingerprint density at radius 2 is 2.06 bits per heavy atom. The summed E-state index contributed by atoms with van der Waals surface area (Å²) in [5, 5.41) is 3.69. The molecule has 0 aromatic carbocycles. The van der Waals surface area contributed by atoms with Crippen LogP contribution in [0.2, 0.25) is 0 Å². The summed E-state index contributed by atoms with van der Waals surface area (Å²) in [6, 6.07) is 2.76. The molecule has 0 spiro atoms. The van der Waals surface area contributed by atoms with Gasteiger partial charge in [0.25, 0.3) is 0 Å². The van der Waals surface area contributed by atoms with E-state index in [-0.39, 0.29) is 0 Å². The number of nitrogens with one attached hydrogen (secondary N) is 1. The van der Waals surface area contributed by atoms with Gasteiger partial charge in [0.1, 0.15) is 0 Å². The zero-order chi connectivity index (χ0) is 13.5. The van der Waals surface area contributed by atoms with Gasteiger partial charge in [-0.3, -0.25) is 0 Å². The number of thiophene rings is 1. The van der Waals surface area contributed by atoms with E-state index in [0.717, 1.165) is 12.5 Å². The molecule has 0 fully saturated rings. The van der Waals surface area contributed by atoms with E-state index in [0.29, 0.717) is 6.04 Å². The molecule has 0 aliphatic carbocycles. The second-order valence-electron chi connectivity index (χ2n) is 4.92. The number of halogens is 1. The van der Waals surface area contributed by atoms with E-state index in [1.807, 2.05) is 11.3 Å². The predicted octanol–water partition coefficient (Wildman–Crippen LogP) is 5.69. The van der Waals surface area contributed by atoms with Crippen LogP contribution >= 0.6 is 27.3 Å². The van der Waals surface area contributed by atoms with E-state index in [9.17, 15) is 0 Å². The average Bonchev–Trinajstić information content (AvgIpc) is 2.67. The first-order valence-electron chi connectivity index (χ1n) is 7.13. The first kappa shape index (κ1) is 16.2. The largest absolute Gasteiger partial charge is 0.309 e. The highest BCUT2D eigenvalue weighted by Crippen LogP contribution is 2.38. The zero-order valence-electron chi connectivity index (χ0n) is 12.1. The van der Waals surface area contributed by atoms with Gasteiger partial charge in [0.15, 0.2) is 0 Å². The first-order chi connectivity index (χ1) is 8.63. The first-order valence-corrected chi connectivity index (χ1v) is 8.74. The fourth-order valence-corrected chi connectivity index (χ4v) is 4.55. The molecule has 18 heavy (non-hydrogen) atoms. The third-order valence-corrected chi connectivity index (χ3v) is 5.52. The molecule has 2 atom stereocenters. The van der Waals surface area contributed by atoms with Gasteiger partial charge in [0.05, 0.1) is 0 Å². The fourth-order valence-electron chi connectivity index (χ4n) is 2.48. The molecule has 0 aliphatic rings. The van der Waals surface area contributed by atoms with E-state index >= 15 is 0 Å². The van der Waals surface area contributed by atoms with Crippen molar-refractivity contribution in [1.82, 2.24) is 5.32 Å². The minimum Gasteiger partial charge on any atom is -0.309 e. The van der Waals surface area contributed by atoms with Gasteiger partial charge in [-0.2, -0.15) is 0 Å². The monoisotopic (exact) mass is 331 g/mol. The van der Waals surface area contributed by atoms with Gasteiger partial charge in [-0.05, 0) is 47.8 Å². The lowest BCUT2D eigenvalue weighted by atomic mass is 9.90. The van der Waals surface area contributed by atoms with Gasteiger partial charge in [0, 0.05) is 20.3 Å². The molecule has 2 unspecified atom stereocenters. The summed E-state index contributed by atoms with van der Waals surface area (Å²) < 4.78 is 1.28.